The van der Waals surface area contributed by atoms with Gasteiger partial charge in [-0.05, 0) is 57.7 Å². The van der Waals surface area contributed by atoms with Crippen LogP contribution in [-0.4, -0.2) is 36.3 Å². The predicted molar refractivity (Wildman–Crippen MR) is 127 cm³/mol. The summed E-state index contributed by atoms with van der Waals surface area (Å²) in [6.45, 7) is -0.373. The predicted octanol–water partition coefficient (Wildman–Crippen LogP) is 7.12. The lowest BCUT2D eigenvalue weighted by atomic mass is 9.95. The van der Waals surface area contributed by atoms with Crippen LogP contribution in [0.5, 0.6) is 0 Å². The van der Waals surface area contributed by atoms with Crippen molar-refractivity contribution in [3.63, 3.8) is 0 Å². The van der Waals surface area contributed by atoms with Crippen molar-refractivity contribution in [2.24, 2.45) is 0 Å². The van der Waals surface area contributed by atoms with Crippen LogP contribution < -0.4 is 10.6 Å². The smallest absolute Gasteiger partial charge is 0.369 e. The third-order valence-electron chi connectivity index (χ3n) is 4.56. The lowest BCUT2D eigenvalue weighted by Crippen LogP contribution is -2.39. The van der Waals surface area contributed by atoms with Crippen molar-refractivity contribution in [2.75, 3.05) is 13.1 Å². The Morgan fingerprint density at radius 3 is 2.34 bits per heavy atom. The fraction of sp³-hybridized carbons (Fsp3) is 0.273. The normalized spacial score (nSPS) is 13.1. The first-order valence-electron chi connectivity index (χ1n) is 9.70. The summed E-state index contributed by atoms with van der Waals surface area (Å²) >= 11 is 13.6. The fourth-order valence-corrected chi connectivity index (χ4v) is 3.88. The van der Waals surface area contributed by atoms with Crippen LogP contribution >= 0.6 is 39.7 Å². The van der Waals surface area contributed by atoms with Crippen molar-refractivity contribution in [2.45, 2.75) is 25.2 Å². The Kier molecular flexibility index (Phi) is 9.71. The Hall–Kier alpha value is -2.18. The van der Waals surface area contributed by atoms with E-state index in [1.165, 1.54) is 31.2 Å². The van der Waals surface area contributed by atoms with E-state index in [1.807, 2.05) is 5.32 Å². The number of hydrogen-bond donors (Lipinski definition) is 2. The highest BCUT2D eigenvalue weighted by Crippen LogP contribution is 2.38. The van der Waals surface area contributed by atoms with Crippen molar-refractivity contribution in [1.82, 2.24) is 10.6 Å². The van der Waals surface area contributed by atoms with Crippen LogP contribution in [-0.2, 0) is 0 Å². The molecule has 0 aliphatic heterocycles. The zero-order valence-corrected chi connectivity index (χ0v) is 20.9. The van der Waals surface area contributed by atoms with Gasteiger partial charge in [-0.3, -0.25) is 4.79 Å². The average molecular weight is 606 g/mol. The van der Waals surface area contributed by atoms with E-state index in [2.05, 4.69) is 21.2 Å². The standard InChI is InChI=1S/C22H17BrClF7N2OS/c1-11-6-13(8-17(24)19(11)25)15(22(29,30)31)5-3-12-2-4-14(16(23)7-12)20(34)32-9-18(35)33-10-21(26,27)28/h2-8,15H,9-10H2,1H3,(H,32,34)(H,33,35)/b5-3+. The highest BCUT2D eigenvalue weighted by Gasteiger charge is 2.39. The van der Waals surface area contributed by atoms with Crippen LogP contribution in [0.2, 0.25) is 5.02 Å². The van der Waals surface area contributed by atoms with Crippen molar-refractivity contribution in [3.05, 3.63) is 74.0 Å². The van der Waals surface area contributed by atoms with Gasteiger partial charge in [0, 0.05) is 4.47 Å². The van der Waals surface area contributed by atoms with Gasteiger partial charge in [-0.15, -0.1) is 0 Å². The van der Waals surface area contributed by atoms with Gasteiger partial charge < -0.3 is 10.6 Å². The summed E-state index contributed by atoms with van der Waals surface area (Å²) < 4.78 is 91.5. The molecular formula is C22H17BrClF7N2OS. The number of benzene rings is 2. The van der Waals surface area contributed by atoms with E-state index in [0.29, 0.717) is 5.56 Å². The third-order valence-corrected chi connectivity index (χ3v) is 5.78. The van der Waals surface area contributed by atoms with Crippen LogP contribution in [0, 0.1) is 12.7 Å². The van der Waals surface area contributed by atoms with Gasteiger partial charge in [-0.2, -0.15) is 26.3 Å². The topological polar surface area (TPSA) is 41.1 Å². The molecule has 1 amide bonds. The first kappa shape index (κ1) is 29.1. The molecule has 3 nitrogen and oxygen atoms in total. The van der Waals surface area contributed by atoms with Gasteiger partial charge in [-0.25, -0.2) is 4.39 Å². The first-order chi connectivity index (χ1) is 16.1. The van der Waals surface area contributed by atoms with Crippen LogP contribution in [0.4, 0.5) is 30.7 Å². The number of allylic oxidation sites excluding steroid dienone is 1. The van der Waals surface area contributed by atoms with Gasteiger partial charge >= 0.3 is 12.4 Å². The number of aryl methyl sites for hydroxylation is 1. The summed E-state index contributed by atoms with van der Waals surface area (Å²) in [6.07, 6.45) is -7.07. The number of amides is 1. The molecule has 2 rings (SSSR count). The lowest BCUT2D eigenvalue weighted by Gasteiger charge is -2.18. The number of hydrogen-bond acceptors (Lipinski definition) is 2. The Labute approximate surface area is 214 Å². The van der Waals surface area contributed by atoms with Crippen molar-refractivity contribution in [1.29, 1.82) is 0 Å². The van der Waals surface area contributed by atoms with Crippen LogP contribution in [0.15, 0.2) is 40.9 Å². The Morgan fingerprint density at radius 2 is 1.80 bits per heavy atom. The van der Waals surface area contributed by atoms with Crippen molar-refractivity contribution < 1.29 is 35.5 Å². The van der Waals surface area contributed by atoms with Gasteiger partial charge in [0.1, 0.15) is 12.4 Å². The van der Waals surface area contributed by atoms with Gasteiger partial charge in [-0.1, -0.05) is 48.1 Å². The highest BCUT2D eigenvalue weighted by molar-refractivity contribution is 9.10. The zero-order chi connectivity index (χ0) is 26.6. The number of thiocarbonyl (C=S) groups is 1. The largest absolute Gasteiger partial charge is 0.405 e. The number of rotatable bonds is 7. The molecule has 0 radical (unpaired) electrons. The number of carbonyl (C=O) groups excluding carboxylic acids is 1. The minimum atomic E-state index is -4.68. The average Bonchev–Trinajstić information content (AvgIpc) is 2.73. The Morgan fingerprint density at radius 1 is 1.14 bits per heavy atom. The maximum atomic E-state index is 13.7. The second-order valence-electron chi connectivity index (χ2n) is 7.33. The second kappa shape index (κ2) is 11.7. The number of carbonyl (C=O) groups is 1. The molecule has 190 valence electrons. The van der Waals surface area contributed by atoms with E-state index in [-0.39, 0.29) is 32.7 Å². The molecular weight excluding hydrogens is 589 g/mol. The minimum absolute atomic E-state index is 0.0265. The van der Waals surface area contributed by atoms with E-state index in [4.69, 9.17) is 23.8 Å². The van der Waals surface area contributed by atoms with Gasteiger partial charge in [0.25, 0.3) is 5.91 Å². The molecule has 2 N–H and O–H groups in total. The van der Waals surface area contributed by atoms with Gasteiger partial charge in [0.05, 0.1) is 28.0 Å². The minimum Gasteiger partial charge on any atom is -0.369 e. The molecule has 0 aliphatic carbocycles. The summed E-state index contributed by atoms with van der Waals surface area (Å²) in [5.74, 6) is -3.52. The molecule has 0 saturated heterocycles. The van der Waals surface area contributed by atoms with Crippen LogP contribution in [0.1, 0.15) is 33.0 Å². The van der Waals surface area contributed by atoms with Crippen molar-refractivity contribution in [3.8, 4) is 0 Å². The second-order valence-corrected chi connectivity index (χ2v) is 9.08. The molecule has 0 aliphatic rings. The number of halogens is 9. The SMILES string of the molecule is Cc1cc(C(/C=C/c2ccc(C(=O)NCC(=S)NCC(F)(F)F)c(Br)c2)C(F)(F)F)cc(Cl)c1F. The molecule has 0 spiro atoms. The lowest BCUT2D eigenvalue weighted by molar-refractivity contribution is -0.139. The maximum Gasteiger partial charge on any atom is 0.405 e. The van der Waals surface area contributed by atoms with Crippen molar-refractivity contribution >= 4 is 56.7 Å². The molecule has 0 bridgehead atoms. The molecule has 1 atom stereocenters. The zero-order valence-electron chi connectivity index (χ0n) is 17.8. The number of alkyl halides is 6. The third kappa shape index (κ3) is 8.76. The van der Waals surface area contributed by atoms with Crippen LogP contribution in [0.3, 0.4) is 0 Å². The molecule has 0 aromatic heterocycles. The van der Waals surface area contributed by atoms with E-state index in [9.17, 15) is 35.5 Å². The molecule has 0 heterocycles. The molecule has 0 fully saturated rings. The maximum absolute atomic E-state index is 13.7. The molecule has 0 saturated carbocycles. The first-order valence-corrected chi connectivity index (χ1v) is 11.3. The fourth-order valence-electron chi connectivity index (χ4n) is 2.89. The summed E-state index contributed by atoms with van der Waals surface area (Å²) in [5.41, 5.74) is 0.146. The van der Waals surface area contributed by atoms with Gasteiger partial charge in [0.2, 0.25) is 0 Å². The van der Waals surface area contributed by atoms with E-state index >= 15 is 0 Å². The Bertz CT molecular complexity index is 1110. The summed E-state index contributed by atoms with van der Waals surface area (Å²) in [4.78, 5) is 12.1. The van der Waals surface area contributed by atoms with Gasteiger partial charge in [0.15, 0.2) is 0 Å². The van der Waals surface area contributed by atoms with E-state index in [1.54, 1.807) is 0 Å². The molecule has 13 heteroatoms. The summed E-state index contributed by atoms with van der Waals surface area (Å²) in [5, 5.41) is 3.90. The molecule has 35 heavy (non-hydrogen) atoms. The quantitative estimate of drug-likeness (QED) is 0.261. The monoisotopic (exact) mass is 604 g/mol. The van der Waals surface area contributed by atoms with E-state index < -0.39 is 41.6 Å². The molecule has 2 aromatic rings. The van der Waals surface area contributed by atoms with Crippen LogP contribution in [0.25, 0.3) is 6.08 Å². The van der Waals surface area contributed by atoms with E-state index in [0.717, 1.165) is 18.2 Å². The highest BCUT2D eigenvalue weighted by atomic mass is 79.9. The number of nitrogens with one attached hydrogen (secondary N) is 2. The summed E-state index contributed by atoms with van der Waals surface area (Å²) in [6, 6.07) is 6.09. The Balaban J connectivity index is 2.15. The summed E-state index contributed by atoms with van der Waals surface area (Å²) in [7, 11) is 0. The molecule has 2 aromatic carbocycles. The molecule has 1 unspecified atom stereocenters.